The summed E-state index contributed by atoms with van der Waals surface area (Å²) in [6.07, 6.45) is 9.26. The average Bonchev–Trinajstić information content (AvgIpc) is 2.89. The van der Waals surface area contributed by atoms with Gasteiger partial charge in [-0.05, 0) is 69.3 Å². The summed E-state index contributed by atoms with van der Waals surface area (Å²) in [5, 5.41) is 2.04. The summed E-state index contributed by atoms with van der Waals surface area (Å²) >= 11 is 2.31. The molecule has 17 heavy (non-hydrogen) atoms. The zero-order chi connectivity index (χ0) is 11.8. The van der Waals surface area contributed by atoms with E-state index in [0.29, 0.717) is 0 Å². The van der Waals surface area contributed by atoms with Crippen molar-refractivity contribution in [3.8, 4) is 0 Å². The normalized spacial score (nSPS) is 43.3. The Kier molecular flexibility index (Phi) is 3.43. The van der Waals surface area contributed by atoms with E-state index in [9.17, 15) is 0 Å². The van der Waals surface area contributed by atoms with E-state index in [1.807, 2.05) is 6.26 Å². The molecule has 3 aliphatic rings. The van der Waals surface area contributed by atoms with Crippen LogP contribution in [0.3, 0.4) is 0 Å². The van der Waals surface area contributed by atoms with Gasteiger partial charge < -0.3 is 4.74 Å². The van der Waals surface area contributed by atoms with Crippen molar-refractivity contribution in [3.05, 3.63) is 11.8 Å². The molecule has 96 valence electrons. The van der Waals surface area contributed by atoms with E-state index in [1.165, 1.54) is 37.7 Å². The molecule has 0 aromatic carbocycles. The predicted molar refractivity (Wildman–Crippen MR) is 74.1 cm³/mol. The van der Waals surface area contributed by atoms with Crippen LogP contribution in [0.5, 0.6) is 0 Å². The van der Waals surface area contributed by atoms with Gasteiger partial charge in [-0.1, -0.05) is 0 Å². The first-order chi connectivity index (χ1) is 8.24. The summed E-state index contributed by atoms with van der Waals surface area (Å²) in [4.78, 5) is 0. The summed E-state index contributed by atoms with van der Waals surface area (Å²) in [5.41, 5.74) is 1.27. The third-order valence-electron chi connectivity index (χ3n) is 4.76. The predicted octanol–water partition coefficient (Wildman–Crippen LogP) is 4.24. The number of rotatable bonds is 3. The molecule has 5 atom stereocenters. The smallest absolute Gasteiger partial charge is 0.0901 e. The van der Waals surface area contributed by atoms with Gasteiger partial charge in [0.15, 0.2) is 0 Å². The zero-order valence-electron chi connectivity index (χ0n) is 11.0. The van der Waals surface area contributed by atoms with Gasteiger partial charge >= 0.3 is 0 Å². The minimum absolute atomic E-state index is 0.826. The molecule has 2 heteroatoms. The molecule has 2 heterocycles. The standard InChI is InChI=1S/C15H24OS/c1-10(2)8-16-9-11-3-4-12-13(7-11)15-6-5-14(12)17-15/h8,11-15H,3-7,9H2,1-2H3. The quantitative estimate of drug-likeness (QED) is 0.695. The molecule has 2 saturated heterocycles. The van der Waals surface area contributed by atoms with Gasteiger partial charge in [-0.25, -0.2) is 0 Å². The molecule has 3 rings (SSSR count). The van der Waals surface area contributed by atoms with Crippen LogP contribution in [-0.4, -0.2) is 17.1 Å². The van der Waals surface area contributed by atoms with Crippen LogP contribution in [0.25, 0.3) is 0 Å². The molecule has 0 N–H and O–H groups in total. The van der Waals surface area contributed by atoms with Crippen molar-refractivity contribution >= 4 is 11.8 Å². The molecule has 0 aromatic heterocycles. The van der Waals surface area contributed by atoms with Gasteiger partial charge in [-0.15, -0.1) is 0 Å². The molecule has 2 bridgehead atoms. The molecule has 1 nitrogen and oxygen atoms in total. The molecule has 5 unspecified atom stereocenters. The first kappa shape index (κ1) is 12.0. The van der Waals surface area contributed by atoms with E-state index in [2.05, 4.69) is 25.6 Å². The Bertz CT molecular complexity index is 308. The molecule has 0 radical (unpaired) electrons. The number of allylic oxidation sites excluding steroid dienone is 1. The van der Waals surface area contributed by atoms with Gasteiger partial charge in [-0.2, -0.15) is 11.8 Å². The summed E-state index contributed by atoms with van der Waals surface area (Å²) in [6.45, 7) is 5.16. The highest BCUT2D eigenvalue weighted by Crippen LogP contribution is 2.58. The van der Waals surface area contributed by atoms with Crippen molar-refractivity contribution in [1.82, 2.24) is 0 Å². The second-order valence-electron chi connectivity index (χ2n) is 6.33. The lowest BCUT2D eigenvalue weighted by molar-refractivity contribution is 0.101. The van der Waals surface area contributed by atoms with Crippen molar-refractivity contribution in [1.29, 1.82) is 0 Å². The Balaban J connectivity index is 1.52. The average molecular weight is 252 g/mol. The van der Waals surface area contributed by atoms with Crippen LogP contribution in [0.2, 0.25) is 0 Å². The Labute approximate surface area is 109 Å². The monoisotopic (exact) mass is 252 g/mol. The van der Waals surface area contributed by atoms with Gasteiger partial charge in [0.2, 0.25) is 0 Å². The van der Waals surface area contributed by atoms with Crippen LogP contribution in [0, 0.1) is 17.8 Å². The number of fused-ring (bicyclic) bond motifs is 5. The minimum atomic E-state index is 0.826. The second-order valence-corrected chi connectivity index (χ2v) is 7.81. The SMILES string of the molecule is CC(C)=COCC1CCC2C3CCC(S3)C2C1. The number of ether oxygens (including phenoxy) is 1. The number of hydrogen-bond donors (Lipinski definition) is 0. The highest BCUT2D eigenvalue weighted by Gasteiger charge is 2.50. The maximum atomic E-state index is 5.69. The van der Waals surface area contributed by atoms with E-state index < -0.39 is 0 Å². The van der Waals surface area contributed by atoms with E-state index in [0.717, 1.165) is 34.9 Å². The molecule has 0 amide bonds. The van der Waals surface area contributed by atoms with Crippen LogP contribution >= 0.6 is 11.8 Å². The molecule has 0 aromatic rings. The van der Waals surface area contributed by atoms with E-state index in [1.54, 1.807) is 0 Å². The van der Waals surface area contributed by atoms with Crippen LogP contribution in [0.15, 0.2) is 11.8 Å². The first-order valence-corrected chi connectivity index (χ1v) is 8.09. The Morgan fingerprint density at radius 1 is 1.12 bits per heavy atom. The van der Waals surface area contributed by atoms with Gasteiger partial charge in [0.1, 0.15) is 0 Å². The Morgan fingerprint density at radius 2 is 1.88 bits per heavy atom. The lowest BCUT2D eigenvalue weighted by Gasteiger charge is -2.37. The minimum Gasteiger partial charge on any atom is -0.501 e. The second kappa shape index (κ2) is 4.87. The summed E-state index contributed by atoms with van der Waals surface area (Å²) in [5.74, 6) is 2.93. The highest BCUT2D eigenvalue weighted by atomic mass is 32.2. The topological polar surface area (TPSA) is 9.23 Å². The van der Waals surface area contributed by atoms with Crippen molar-refractivity contribution < 1.29 is 4.74 Å². The van der Waals surface area contributed by atoms with Gasteiger partial charge in [-0.3, -0.25) is 0 Å². The van der Waals surface area contributed by atoms with E-state index >= 15 is 0 Å². The first-order valence-electron chi connectivity index (χ1n) is 7.14. The fourth-order valence-corrected chi connectivity index (χ4v) is 6.08. The van der Waals surface area contributed by atoms with Crippen molar-refractivity contribution in [2.45, 2.75) is 56.5 Å². The fraction of sp³-hybridized carbons (Fsp3) is 0.867. The van der Waals surface area contributed by atoms with Gasteiger partial charge in [0.25, 0.3) is 0 Å². The summed E-state index contributed by atoms with van der Waals surface area (Å²) in [7, 11) is 0. The third kappa shape index (κ3) is 2.38. The molecular formula is C15H24OS. The molecule has 1 saturated carbocycles. The zero-order valence-corrected chi connectivity index (χ0v) is 11.8. The highest BCUT2D eigenvalue weighted by molar-refractivity contribution is 8.01. The van der Waals surface area contributed by atoms with Crippen molar-refractivity contribution in [2.75, 3.05) is 6.61 Å². The van der Waals surface area contributed by atoms with Gasteiger partial charge in [0.05, 0.1) is 12.9 Å². The fourth-order valence-electron chi connectivity index (χ4n) is 4.03. The van der Waals surface area contributed by atoms with Crippen LogP contribution in [0.4, 0.5) is 0 Å². The molecule has 2 aliphatic heterocycles. The van der Waals surface area contributed by atoms with Crippen LogP contribution in [0.1, 0.15) is 46.0 Å². The Hall–Kier alpha value is -0.110. The molecule has 1 aliphatic carbocycles. The molecule has 3 fully saturated rings. The molecule has 0 spiro atoms. The van der Waals surface area contributed by atoms with Crippen molar-refractivity contribution in [3.63, 3.8) is 0 Å². The summed E-state index contributed by atoms with van der Waals surface area (Å²) < 4.78 is 5.69. The third-order valence-corrected chi connectivity index (χ3v) is 6.62. The Morgan fingerprint density at radius 3 is 2.65 bits per heavy atom. The maximum Gasteiger partial charge on any atom is 0.0901 e. The molecular weight excluding hydrogens is 228 g/mol. The summed E-state index contributed by atoms with van der Waals surface area (Å²) in [6, 6.07) is 0. The lowest BCUT2D eigenvalue weighted by atomic mass is 9.68. The maximum absolute atomic E-state index is 5.69. The largest absolute Gasteiger partial charge is 0.501 e. The van der Waals surface area contributed by atoms with E-state index in [4.69, 9.17) is 4.74 Å². The van der Waals surface area contributed by atoms with Crippen LogP contribution in [-0.2, 0) is 4.74 Å². The van der Waals surface area contributed by atoms with Crippen molar-refractivity contribution in [2.24, 2.45) is 17.8 Å². The lowest BCUT2D eigenvalue weighted by Crippen LogP contribution is -2.34. The van der Waals surface area contributed by atoms with Crippen LogP contribution < -0.4 is 0 Å². The van der Waals surface area contributed by atoms with Gasteiger partial charge in [0, 0.05) is 10.5 Å². The number of thioether (sulfide) groups is 1. The van der Waals surface area contributed by atoms with E-state index in [-0.39, 0.29) is 0 Å². The number of hydrogen-bond acceptors (Lipinski definition) is 2.